The van der Waals surface area contributed by atoms with Gasteiger partial charge in [0.2, 0.25) is 0 Å². The minimum atomic E-state index is -0.886. The van der Waals surface area contributed by atoms with Crippen molar-refractivity contribution in [2.45, 2.75) is 78.5 Å². The largest absolute Gasteiger partial charge is 0.478 e. The monoisotopic (exact) mass is 432 g/mol. The number of carboxylic acids is 1. The average Bonchev–Trinajstić information content (AvgIpc) is 3.44. The van der Waals surface area contributed by atoms with Gasteiger partial charge < -0.3 is 10.2 Å². The van der Waals surface area contributed by atoms with Crippen LogP contribution in [-0.2, 0) is 6.61 Å². The first-order chi connectivity index (χ1) is 14.2. The highest BCUT2D eigenvalue weighted by atomic mass is 32.2. The zero-order valence-corrected chi connectivity index (χ0v) is 18.1. The molecule has 0 spiro atoms. The summed E-state index contributed by atoms with van der Waals surface area (Å²) in [5.41, 5.74) is 1.29. The van der Waals surface area contributed by atoms with Crippen LogP contribution >= 0.6 is 23.5 Å². The molecule has 0 unspecified atom stereocenters. The molecule has 2 aliphatic carbocycles. The standard InChI is InChI=1S/C11H13NO2S.C11H15NOS/c13-11(14)9-6-3-7-12-10(9)15-8-4-1-2-5-8;13-8-9-4-3-7-12-11(9)14-10-5-1-2-6-10/h3,6-8H,1-2,4-5H2,(H,13,14);3-4,7,10,13H,1-2,5-6,8H2. The molecule has 0 saturated heterocycles. The van der Waals surface area contributed by atoms with Gasteiger partial charge in [0.15, 0.2) is 0 Å². The van der Waals surface area contributed by atoms with Crippen molar-refractivity contribution in [1.82, 2.24) is 9.97 Å². The van der Waals surface area contributed by atoms with Crippen LogP contribution in [0.3, 0.4) is 0 Å². The Bertz CT molecular complexity index is 791. The molecule has 2 N–H and O–H groups in total. The molecule has 2 heterocycles. The van der Waals surface area contributed by atoms with Gasteiger partial charge in [-0.15, -0.1) is 23.5 Å². The molecule has 0 atom stereocenters. The Labute approximate surface area is 180 Å². The van der Waals surface area contributed by atoms with Crippen molar-refractivity contribution in [2.75, 3.05) is 0 Å². The lowest BCUT2D eigenvalue weighted by molar-refractivity contribution is 0.0692. The Hall–Kier alpha value is -1.57. The van der Waals surface area contributed by atoms with Crippen molar-refractivity contribution in [3.8, 4) is 0 Å². The van der Waals surface area contributed by atoms with E-state index in [-0.39, 0.29) is 6.61 Å². The fourth-order valence-corrected chi connectivity index (χ4v) is 6.21. The number of pyridine rings is 2. The fourth-order valence-electron chi connectivity index (χ4n) is 3.63. The van der Waals surface area contributed by atoms with E-state index in [2.05, 4.69) is 9.97 Å². The molecule has 2 aromatic rings. The quantitative estimate of drug-likeness (QED) is 0.630. The van der Waals surface area contributed by atoms with Crippen molar-refractivity contribution in [3.63, 3.8) is 0 Å². The molecule has 0 bridgehead atoms. The maximum absolute atomic E-state index is 10.9. The maximum Gasteiger partial charge on any atom is 0.338 e. The number of aromatic nitrogens is 2. The fraction of sp³-hybridized carbons (Fsp3) is 0.500. The van der Waals surface area contributed by atoms with E-state index in [4.69, 9.17) is 10.2 Å². The molecule has 2 saturated carbocycles. The van der Waals surface area contributed by atoms with Crippen molar-refractivity contribution in [1.29, 1.82) is 0 Å². The summed E-state index contributed by atoms with van der Waals surface area (Å²) in [6.45, 7) is 0.100. The second-order valence-corrected chi connectivity index (χ2v) is 9.91. The topological polar surface area (TPSA) is 83.3 Å². The van der Waals surface area contributed by atoms with E-state index in [9.17, 15) is 4.79 Å². The minimum absolute atomic E-state index is 0.100. The number of hydrogen-bond acceptors (Lipinski definition) is 6. The molecule has 4 rings (SSSR count). The summed E-state index contributed by atoms with van der Waals surface area (Å²) in [5, 5.41) is 21.1. The second-order valence-electron chi connectivity index (χ2n) is 7.34. The van der Waals surface area contributed by atoms with Crippen LogP contribution in [0, 0.1) is 0 Å². The molecule has 29 heavy (non-hydrogen) atoms. The number of thioether (sulfide) groups is 2. The van der Waals surface area contributed by atoms with E-state index < -0.39 is 5.97 Å². The number of aliphatic hydroxyl groups is 1. The third-order valence-electron chi connectivity index (χ3n) is 5.18. The normalized spacial score (nSPS) is 17.1. The molecule has 0 amide bonds. The van der Waals surface area contributed by atoms with Gasteiger partial charge in [-0.25, -0.2) is 14.8 Å². The lowest BCUT2D eigenvalue weighted by Gasteiger charge is -2.10. The number of carbonyl (C=O) groups is 1. The third kappa shape index (κ3) is 6.73. The first kappa shape index (κ1) is 22.1. The van der Waals surface area contributed by atoms with Gasteiger partial charge in [0.1, 0.15) is 10.1 Å². The van der Waals surface area contributed by atoms with Gasteiger partial charge in [0.05, 0.1) is 12.2 Å². The Morgan fingerprint density at radius 2 is 1.41 bits per heavy atom. The molecule has 0 radical (unpaired) electrons. The number of hydrogen-bond donors (Lipinski definition) is 2. The van der Waals surface area contributed by atoms with Crippen molar-refractivity contribution >= 4 is 29.5 Å². The molecule has 156 valence electrons. The van der Waals surface area contributed by atoms with Crippen LogP contribution in [0.25, 0.3) is 0 Å². The number of rotatable bonds is 6. The van der Waals surface area contributed by atoms with Gasteiger partial charge in [0.25, 0.3) is 0 Å². The molecule has 5 nitrogen and oxygen atoms in total. The molecule has 0 aromatic carbocycles. The highest BCUT2D eigenvalue weighted by molar-refractivity contribution is 8.00. The minimum Gasteiger partial charge on any atom is -0.478 e. The predicted octanol–water partition coefficient (Wildman–Crippen LogP) is 5.42. The summed E-state index contributed by atoms with van der Waals surface area (Å²) in [7, 11) is 0. The van der Waals surface area contributed by atoms with Crippen LogP contribution in [0.1, 0.15) is 67.3 Å². The molecule has 2 aromatic heterocycles. The number of carboxylic acid groups (broad SMARTS) is 1. The molecule has 7 heteroatoms. The van der Waals surface area contributed by atoms with Gasteiger partial charge in [-0.1, -0.05) is 31.7 Å². The van der Waals surface area contributed by atoms with E-state index in [1.165, 1.54) is 51.4 Å². The summed E-state index contributed by atoms with van der Waals surface area (Å²) in [6.07, 6.45) is 13.6. The van der Waals surface area contributed by atoms with E-state index >= 15 is 0 Å². The highest BCUT2D eigenvalue weighted by Gasteiger charge is 2.20. The highest BCUT2D eigenvalue weighted by Crippen LogP contribution is 2.35. The molecule has 0 aliphatic heterocycles. The lowest BCUT2D eigenvalue weighted by Crippen LogP contribution is -2.03. The Balaban J connectivity index is 0.000000166. The Kier molecular flexibility index (Phi) is 8.83. The molecular formula is C22H28N2O3S2. The summed E-state index contributed by atoms with van der Waals surface area (Å²) in [4.78, 5) is 19.4. The van der Waals surface area contributed by atoms with Gasteiger partial charge in [-0.05, 0) is 43.9 Å². The molecule has 2 fully saturated rings. The van der Waals surface area contributed by atoms with Gasteiger partial charge in [-0.2, -0.15) is 0 Å². The average molecular weight is 433 g/mol. The van der Waals surface area contributed by atoms with Crippen LogP contribution in [-0.4, -0.2) is 36.7 Å². The Morgan fingerprint density at radius 3 is 1.97 bits per heavy atom. The molecular weight excluding hydrogens is 404 g/mol. The first-order valence-electron chi connectivity index (χ1n) is 10.2. The second kappa shape index (κ2) is 11.6. The van der Waals surface area contributed by atoms with Crippen LogP contribution in [0.4, 0.5) is 0 Å². The predicted molar refractivity (Wildman–Crippen MR) is 118 cm³/mol. The van der Waals surface area contributed by atoms with Crippen molar-refractivity contribution in [3.05, 3.63) is 47.8 Å². The number of aromatic carboxylic acids is 1. The van der Waals surface area contributed by atoms with Crippen LogP contribution in [0.2, 0.25) is 0 Å². The Morgan fingerprint density at radius 1 is 0.897 bits per heavy atom. The van der Waals surface area contributed by atoms with E-state index in [0.29, 0.717) is 15.8 Å². The zero-order valence-electron chi connectivity index (χ0n) is 16.5. The summed E-state index contributed by atoms with van der Waals surface area (Å²) in [6, 6.07) is 7.11. The summed E-state index contributed by atoms with van der Waals surface area (Å²) < 4.78 is 0. The van der Waals surface area contributed by atoms with Crippen LogP contribution < -0.4 is 0 Å². The van der Waals surface area contributed by atoms with E-state index in [0.717, 1.165) is 15.8 Å². The van der Waals surface area contributed by atoms with E-state index in [1.54, 1.807) is 36.3 Å². The number of nitrogens with zero attached hydrogens (tertiary/aromatic N) is 2. The maximum atomic E-state index is 10.9. The third-order valence-corrected chi connectivity index (χ3v) is 7.93. The summed E-state index contributed by atoms with van der Waals surface area (Å²) in [5.74, 6) is -0.886. The number of aliphatic hydroxyl groups excluding tert-OH is 1. The van der Waals surface area contributed by atoms with Crippen LogP contribution in [0.15, 0.2) is 46.7 Å². The first-order valence-corrected chi connectivity index (χ1v) is 12.0. The smallest absolute Gasteiger partial charge is 0.338 e. The van der Waals surface area contributed by atoms with E-state index in [1.807, 2.05) is 23.9 Å². The SMILES string of the molecule is O=C(O)c1cccnc1SC1CCCC1.OCc1cccnc1SC1CCCC1. The molecule has 2 aliphatic rings. The van der Waals surface area contributed by atoms with Gasteiger partial charge >= 0.3 is 5.97 Å². The van der Waals surface area contributed by atoms with Gasteiger partial charge in [0, 0.05) is 28.5 Å². The summed E-state index contributed by atoms with van der Waals surface area (Å²) >= 11 is 3.45. The van der Waals surface area contributed by atoms with Crippen LogP contribution in [0.5, 0.6) is 0 Å². The van der Waals surface area contributed by atoms with Crippen molar-refractivity contribution < 1.29 is 15.0 Å². The zero-order chi connectivity index (χ0) is 20.5. The van der Waals surface area contributed by atoms with Gasteiger partial charge in [-0.3, -0.25) is 0 Å². The van der Waals surface area contributed by atoms with Crippen molar-refractivity contribution in [2.24, 2.45) is 0 Å². The lowest BCUT2D eigenvalue weighted by atomic mass is 10.3.